The van der Waals surface area contributed by atoms with E-state index >= 15 is 0 Å². The van der Waals surface area contributed by atoms with Crippen molar-refractivity contribution in [3.8, 4) is 11.5 Å². The minimum Gasteiger partial charge on any atom is -0.457 e. The largest absolute Gasteiger partial charge is 0.457 e. The Morgan fingerprint density at radius 1 is 0.810 bits per heavy atom. The highest BCUT2D eigenvalue weighted by molar-refractivity contribution is 5.39. The molecule has 0 fully saturated rings. The first-order chi connectivity index (χ1) is 9.97. The van der Waals surface area contributed by atoms with Crippen LogP contribution in [0.5, 0.6) is 11.5 Å². The number of ether oxygens (including phenoxy) is 2. The topological polar surface area (TPSA) is 18.5 Å². The fourth-order valence-corrected chi connectivity index (χ4v) is 2.36. The molecule has 21 heavy (non-hydrogen) atoms. The third-order valence-corrected chi connectivity index (χ3v) is 3.55. The average molecular weight is 284 g/mol. The highest BCUT2D eigenvalue weighted by Gasteiger charge is 2.08. The van der Waals surface area contributed by atoms with E-state index in [9.17, 15) is 0 Å². The molecule has 0 radical (unpaired) electrons. The second-order valence-corrected chi connectivity index (χ2v) is 5.87. The van der Waals surface area contributed by atoms with Gasteiger partial charge in [0.15, 0.2) is 0 Å². The van der Waals surface area contributed by atoms with Crippen LogP contribution < -0.4 is 9.47 Å². The van der Waals surface area contributed by atoms with E-state index in [1.807, 2.05) is 6.07 Å². The van der Waals surface area contributed by atoms with Crippen LogP contribution in [0.15, 0.2) is 36.4 Å². The van der Waals surface area contributed by atoms with E-state index in [1.54, 1.807) is 0 Å². The van der Waals surface area contributed by atoms with Gasteiger partial charge < -0.3 is 9.47 Å². The van der Waals surface area contributed by atoms with Crippen molar-refractivity contribution in [3.63, 3.8) is 0 Å². The van der Waals surface area contributed by atoms with Gasteiger partial charge in [-0.25, -0.2) is 0 Å². The minimum atomic E-state index is 0.229. The molecule has 0 amide bonds. The minimum absolute atomic E-state index is 0.229. The van der Waals surface area contributed by atoms with Crippen molar-refractivity contribution in [2.24, 2.45) is 0 Å². The predicted octanol–water partition coefficient (Wildman–Crippen LogP) is 5.15. The molecule has 2 aromatic rings. The van der Waals surface area contributed by atoms with Gasteiger partial charge >= 0.3 is 0 Å². The van der Waals surface area contributed by atoms with E-state index in [1.165, 1.54) is 16.7 Å². The van der Waals surface area contributed by atoms with Crippen LogP contribution >= 0.6 is 0 Å². The molecule has 112 valence electrons. The summed E-state index contributed by atoms with van der Waals surface area (Å²) in [7, 11) is 0. The van der Waals surface area contributed by atoms with Crippen LogP contribution in [0.2, 0.25) is 0 Å². The maximum Gasteiger partial charge on any atom is 0.230 e. The molecule has 2 rings (SSSR count). The number of aryl methyl sites for hydroxylation is 3. The maximum atomic E-state index is 5.85. The van der Waals surface area contributed by atoms with E-state index in [0.717, 1.165) is 17.1 Å². The number of hydrogen-bond acceptors (Lipinski definition) is 2. The molecule has 0 saturated heterocycles. The fraction of sp³-hybridized carbons (Fsp3) is 0.368. The van der Waals surface area contributed by atoms with E-state index in [4.69, 9.17) is 9.47 Å². The predicted molar refractivity (Wildman–Crippen MR) is 87.3 cm³/mol. The molecule has 2 nitrogen and oxygen atoms in total. The third-order valence-electron chi connectivity index (χ3n) is 3.55. The lowest BCUT2D eigenvalue weighted by molar-refractivity contribution is 0.117. The lowest BCUT2D eigenvalue weighted by Crippen LogP contribution is -2.08. The van der Waals surface area contributed by atoms with E-state index in [0.29, 0.717) is 5.92 Å². The summed E-state index contributed by atoms with van der Waals surface area (Å²) < 4.78 is 11.6. The number of benzene rings is 2. The first kappa shape index (κ1) is 15.4. The third kappa shape index (κ3) is 4.01. The van der Waals surface area contributed by atoms with Gasteiger partial charge in [-0.15, -0.1) is 0 Å². The molecule has 2 aromatic carbocycles. The van der Waals surface area contributed by atoms with E-state index in [-0.39, 0.29) is 6.79 Å². The van der Waals surface area contributed by atoms with Gasteiger partial charge in [-0.3, -0.25) is 0 Å². The molecule has 0 spiro atoms. The van der Waals surface area contributed by atoms with Crippen molar-refractivity contribution in [3.05, 3.63) is 58.7 Å². The summed E-state index contributed by atoms with van der Waals surface area (Å²) in [6.45, 7) is 10.8. The summed E-state index contributed by atoms with van der Waals surface area (Å²) in [4.78, 5) is 0. The Kier molecular flexibility index (Phi) is 4.89. The van der Waals surface area contributed by atoms with Gasteiger partial charge in [0.2, 0.25) is 6.79 Å². The average Bonchev–Trinajstić information content (AvgIpc) is 2.41. The van der Waals surface area contributed by atoms with Crippen LogP contribution in [0.4, 0.5) is 0 Å². The van der Waals surface area contributed by atoms with Gasteiger partial charge in [-0.05, 0) is 55.5 Å². The van der Waals surface area contributed by atoms with Crippen LogP contribution in [-0.2, 0) is 0 Å². The van der Waals surface area contributed by atoms with Gasteiger partial charge in [-0.2, -0.15) is 0 Å². The summed E-state index contributed by atoms with van der Waals surface area (Å²) >= 11 is 0. The molecule has 2 heteroatoms. The van der Waals surface area contributed by atoms with Gasteiger partial charge in [0.25, 0.3) is 0 Å². The van der Waals surface area contributed by atoms with Crippen LogP contribution in [0, 0.1) is 20.8 Å². The number of hydrogen-bond donors (Lipinski definition) is 0. The van der Waals surface area contributed by atoms with Crippen LogP contribution in [-0.4, -0.2) is 6.79 Å². The van der Waals surface area contributed by atoms with Gasteiger partial charge in [0.1, 0.15) is 11.5 Å². The highest BCUT2D eigenvalue weighted by atomic mass is 16.7. The van der Waals surface area contributed by atoms with Crippen molar-refractivity contribution in [2.45, 2.75) is 40.5 Å². The smallest absolute Gasteiger partial charge is 0.230 e. The Balaban J connectivity index is 2.05. The molecular weight excluding hydrogens is 260 g/mol. The summed E-state index contributed by atoms with van der Waals surface area (Å²) in [5.41, 5.74) is 4.78. The summed E-state index contributed by atoms with van der Waals surface area (Å²) in [6.07, 6.45) is 0. The SMILES string of the molecule is Cc1ccc(OCOc2cc(C)ccc2C(C)C)c(C)c1. The molecular formula is C19H24O2. The quantitative estimate of drug-likeness (QED) is 0.707. The Morgan fingerprint density at radius 2 is 1.43 bits per heavy atom. The summed E-state index contributed by atoms with van der Waals surface area (Å²) in [5, 5.41) is 0. The summed E-state index contributed by atoms with van der Waals surface area (Å²) in [6, 6.07) is 12.5. The molecule has 0 saturated carbocycles. The number of rotatable bonds is 5. The zero-order chi connectivity index (χ0) is 15.4. The zero-order valence-corrected chi connectivity index (χ0v) is 13.6. The lowest BCUT2D eigenvalue weighted by atomic mass is 10.0. The second kappa shape index (κ2) is 6.66. The molecule has 0 bridgehead atoms. The Labute approximate surface area is 127 Å². The molecule has 0 unspecified atom stereocenters. The van der Waals surface area contributed by atoms with Crippen LogP contribution in [0.1, 0.15) is 42.0 Å². The zero-order valence-electron chi connectivity index (χ0n) is 13.6. The lowest BCUT2D eigenvalue weighted by Gasteiger charge is -2.16. The molecule has 0 aromatic heterocycles. The molecule has 0 N–H and O–H groups in total. The molecule has 0 aliphatic rings. The fourth-order valence-electron chi connectivity index (χ4n) is 2.36. The van der Waals surface area contributed by atoms with Crippen molar-refractivity contribution in [2.75, 3.05) is 6.79 Å². The van der Waals surface area contributed by atoms with Crippen molar-refractivity contribution in [1.29, 1.82) is 0 Å². The Morgan fingerprint density at radius 3 is 2.10 bits per heavy atom. The Bertz CT molecular complexity index is 615. The second-order valence-electron chi connectivity index (χ2n) is 5.87. The summed E-state index contributed by atoms with van der Waals surface area (Å²) in [5.74, 6) is 2.22. The van der Waals surface area contributed by atoms with Crippen molar-refractivity contribution < 1.29 is 9.47 Å². The molecule has 0 heterocycles. The van der Waals surface area contributed by atoms with Gasteiger partial charge in [-0.1, -0.05) is 43.7 Å². The highest BCUT2D eigenvalue weighted by Crippen LogP contribution is 2.28. The first-order valence-corrected chi connectivity index (χ1v) is 7.41. The van der Waals surface area contributed by atoms with Gasteiger partial charge in [0, 0.05) is 0 Å². The Hall–Kier alpha value is -1.96. The van der Waals surface area contributed by atoms with E-state index in [2.05, 4.69) is 65.0 Å². The van der Waals surface area contributed by atoms with Crippen LogP contribution in [0.25, 0.3) is 0 Å². The molecule has 0 aliphatic carbocycles. The standard InChI is InChI=1S/C19H24O2/c1-13(2)17-8-6-15(4)11-19(17)21-12-20-18-9-7-14(3)10-16(18)5/h6-11,13H,12H2,1-5H3. The van der Waals surface area contributed by atoms with Crippen molar-refractivity contribution in [1.82, 2.24) is 0 Å². The van der Waals surface area contributed by atoms with Crippen LogP contribution in [0.3, 0.4) is 0 Å². The normalized spacial score (nSPS) is 10.8. The maximum absolute atomic E-state index is 5.85. The monoisotopic (exact) mass is 284 g/mol. The van der Waals surface area contributed by atoms with Crippen molar-refractivity contribution >= 4 is 0 Å². The van der Waals surface area contributed by atoms with E-state index < -0.39 is 0 Å². The molecule has 0 atom stereocenters. The first-order valence-electron chi connectivity index (χ1n) is 7.41. The molecule has 0 aliphatic heterocycles. The van der Waals surface area contributed by atoms with Gasteiger partial charge in [0.05, 0.1) is 0 Å².